The zero-order valence-corrected chi connectivity index (χ0v) is 13.5. The number of pyridine rings is 1. The molecule has 120 valence electrons. The Morgan fingerprint density at radius 3 is 2.75 bits per heavy atom. The van der Waals surface area contributed by atoms with E-state index in [4.69, 9.17) is 4.42 Å². The zero-order chi connectivity index (χ0) is 16.7. The maximum Gasteiger partial charge on any atom is 0.175 e. The van der Waals surface area contributed by atoms with Gasteiger partial charge in [0, 0.05) is 30.3 Å². The standard InChI is InChI=1S/C17H13N3O3S/c1-24(21,22)13-4-2-3-11(7-13)14-5-6-18-15-8-16(23-17(14)15)12-9-19-20-10-12/h2-10H,1H3,(H,19,20). The Hall–Kier alpha value is -2.93. The minimum Gasteiger partial charge on any atom is -0.454 e. The highest BCUT2D eigenvalue weighted by Crippen LogP contribution is 2.33. The Morgan fingerprint density at radius 2 is 2.00 bits per heavy atom. The first-order valence-corrected chi connectivity index (χ1v) is 9.10. The molecule has 0 bridgehead atoms. The Bertz CT molecular complexity index is 1130. The molecule has 0 radical (unpaired) electrons. The molecule has 0 spiro atoms. The third-order valence-corrected chi connectivity index (χ3v) is 4.88. The lowest BCUT2D eigenvalue weighted by Gasteiger charge is -2.05. The van der Waals surface area contributed by atoms with Gasteiger partial charge < -0.3 is 4.42 Å². The number of aromatic nitrogens is 3. The average molecular weight is 339 g/mol. The maximum absolute atomic E-state index is 11.8. The lowest BCUT2D eigenvalue weighted by molar-refractivity contribution is 0.602. The van der Waals surface area contributed by atoms with Crippen LogP contribution in [0.15, 0.2) is 64.3 Å². The van der Waals surface area contributed by atoms with E-state index in [-0.39, 0.29) is 4.90 Å². The molecular weight excluding hydrogens is 326 g/mol. The van der Waals surface area contributed by atoms with Crippen LogP contribution in [-0.4, -0.2) is 29.9 Å². The Balaban J connectivity index is 1.91. The second-order valence-electron chi connectivity index (χ2n) is 5.47. The summed E-state index contributed by atoms with van der Waals surface area (Å²) in [5.41, 5.74) is 3.69. The molecule has 0 amide bonds. The number of nitrogens with zero attached hydrogens (tertiary/aromatic N) is 2. The van der Waals surface area contributed by atoms with Crippen molar-refractivity contribution in [3.05, 3.63) is 55.0 Å². The van der Waals surface area contributed by atoms with Gasteiger partial charge in [0.15, 0.2) is 15.4 Å². The molecule has 1 aromatic carbocycles. The molecule has 7 heteroatoms. The van der Waals surface area contributed by atoms with Crippen LogP contribution in [0, 0.1) is 0 Å². The van der Waals surface area contributed by atoms with Crippen molar-refractivity contribution in [2.45, 2.75) is 4.90 Å². The van der Waals surface area contributed by atoms with Crippen molar-refractivity contribution in [2.75, 3.05) is 6.26 Å². The van der Waals surface area contributed by atoms with Crippen LogP contribution in [0.2, 0.25) is 0 Å². The molecule has 24 heavy (non-hydrogen) atoms. The molecule has 1 N–H and O–H groups in total. The summed E-state index contributed by atoms with van der Waals surface area (Å²) < 4.78 is 29.5. The second-order valence-corrected chi connectivity index (χ2v) is 7.49. The molecule has 6 nitrogen and oxygen atoms in total. The quantitative estimate of drug-likeness (QED) is 0.619. The Kier molecular flexibility index (Phi) is 3.24. The van der Waals surface area contributed by atoms with Gasteiger partial charge in [0.25, 0.3) is 0 Å². The molecule has 0 saturated heterocycles. The van der Waals surface area contributed by atoms with Gasteiger partial charge in [-0.15, -0.1) is 0 Å². The van der Waals surface area contributed by atoms with E-state index in [0.29, 0.717) is 16.9 Å². The van der Waals surface area contributed by atoms with Crippen molar-refractivity contribution in [3.63, 3.8) is 0 Å². The third kappa shape index (κ3) is 2.48. The van der Waals surface area contributed by atoms with Crippen LogP contribution in [0.25, 0.3) is 33.6 Å². The predicted molar refractivity (Wildman–Crippen MR) is 90.1 cm³/mol. The fourth-order valence-electron chi connectivity index (χ4n) is 2.59. The molecule has 3 heterocycles. The van der Waals surface area contributed by atoms with Gasteiger partial charge in [-0.1, -0.05) is 12.1 Å². The van der Waals surface area contributed by atoms with Crippen molar-refractivity contribution in [3.8, 4) is 22.5 Å². The highest BCUT2D eigenvalue weighted by Gasteiger charge is 2.14. The van der Waals surface area contributed by atoms with Crippen molar-refractivity contribution in [1.82, 2.24) is 15.2 Å². The highest BCUT2D eigenvalue weighted by molar-refractivity contribution is 7.90. The average Bonchev–Trinajstić information content (AvgIpc) is 3.22. The molecule has 0 aliphatic carbocycles. The van der Waals surface area contributed by atoms with Gasteiger partial charge in [-0.3, -0.25) is 10.1 Å². The number of furan rings is 1. The number of benzene rings is 1. The summed E-state index contributed by atoms with van der Waals surface area (Å²) in [4.78, 5) is 4.60. The number of aromatic amines is 1. The molecule has 3 aromatic heterocycles. The van der Waals surface area contributed by atoms with E-state index in [1.807, 2.05) is 18.2 Å². The first-order chi connectivity index (χ1) is 11.5. The number of hydrogen-bond acceptors (Lipinski definition) is 5. The smallest absolute Gasteiger partial charge is 0.175 e. The van der Waals surface area contributed by atoms with E-state index in [1.54, 1.807) is 36.8 Å². The molecule has 0 fully saturated rings. The van der Waals surface area contributed by atoms with E-state index >= 15 is 0 Å². The normalized spacial score (nSPS) is 11.9. The predicted octanol–water partition coefficient (Wildman–Crippen LogP) is 3.29. The molecule has 0 aliphatic heterocycles. The van der Waals surface area contributed by atoms with Crippen LogP contribution < -0.4 is 0 Å². The number of nitrogens with one attached hydrogen (secondary N) is 1. The topological polar surface area (TPSA) is 88.9 Å². The number of sulfone groups is 1. The van der Waals surface area contributed by atoms with Gasteiger partial charge in [0.2, 0.25) is 0 Å². The lowest BCUT2D eigenvalue weighted by atomic mass is 10.1. The summed E-state index contributed by atoms with van der Waals surface area (Å²) in [5, 5.41) is 6.66. The minimum atomic E-state index is -3.28. The molecule has 0 aliphatic rings. The van der Waals surface area contributed by atoms with Gasteiger partial charge in [0.1, 0.15) is 11.3 Å². The molecule has 0 atom stereocenters. The van der Waals surface area contributed by atoms with Crippen LogP contribution >= 0.6 is 0 Å². The van der Waals surface area contributed by atoms with Crippen LogP contribution in [0.3, 0.4) is 0 Å². The van der Waals surface area contributed by atoms with Gasteiger partial charge in [-0.05, 0) is 23.8 Å². The lowest BCUT2D eigenvalue weighted by Crippen LogP contribution is -1.96. The van der Waals surface area contributed by atoms with Crippen LogP contribution in [0.1, 0.15) is 0 Å². The van der Waals surface area contributed by atoms with E-state index in [1.165, 1.54) is 6.26 Å². The fraction of sp³-hybridized carbons (Fsp3) is 0.0588. The first kappa shape index (κ1) is 14.6. The summed E-state index contributed by atoms with van der Waals surface area (Å²) in [6.45, 7) is 0. The number of hydrogen-bond donors (Lipinski definition) is 1. The monoisotopic (exact) mass is 339 g/mol. The van der Waals surface area contributed by atoms with E-state index in [2.05, 4.69) is 15.2 Å². The van der Waals surface area contributed by atoms with Crippen LogP contribution in [-0.2, 0) is 9.84 Å². The van der Waals surface area contributed by atoms with Crippen molar-refractivity contribution < 1.29 is 12.8 Å². The first-order valence-electron chi connectivity index (χ1n) is 7.20. The van der Waals surface area contributed by atoms with Crippen molar-refractivity contribution in [1.29, 1.82) is 0 Å². The molecular formula is C17H13N3O3S. The Labute approximate surface area is 138 Å². The van der Waals surface area contributed by atoms with Crippen molar-refractivity contribution >= 4 is 20.9 Å². The van der Waals surface area contributed by atoms with Gasteiger partial charge >= 0.3 is 0 Å². The largest absolute Gasteiger partial charge is 0.454 e. The molecule has 4 rings (SSSR count). The molecule has 4 aromatic rings. The molecule has 0 unspecified atom stereocenters. The fourth-order valence-corrected chi connectivity index (χ4v) is 3.25. The van der Waals surface area contributed by atoms with E-state index in [9.17, 15) is 8.42 Å². The third-order valence-electron chi connectivity index (χ3n) is 3.77. The summed E-state index contributed by atoms with van der Waals surface area (Å²) in [6, 6.07) is 10.4. The van der Waals surface area contributed by atoms with Crippen molar-refractivity contribution in [2.24, 2.45) is 0 Å². The SMILES string of the molecule is CS(=O)(=O)c1cccc(-c2ccnc3cc(-c4cn[nH]c4)oc23)c1. The summed E-state index contributed by atoms with van der Waals surface area (Å²) in [7, 11) is -3.28. The number of fused-ring (bicyclic) bond motifs is 1. The van der Waals surface area contributed by atoms with Crippen LogP contribution in [0.4, 0.5) is 0 Å². The summed E-state index contributed by atoms with van der Waals surface area (Å²) in [5.74, 6) is 0.651. The van der Waals surface area contributed by atoms with Gasteiger partial charge in [-0.2, -0.15) is 5.10 Å². The molecule has 0 saturated carbocycles. The minimum absolute atomic E-state index is 0.270. The zero-order valence-electron chi connectivity index (χ0n) is 12.7. The number of H-pyrrole nitrogens is 1. The van der Waals surface area contributed by atoms with E-state index in [0.717, 1.165) is 16.7 Å². The van der Waals surface area contributed by atoms with Crippen LogP contribution in [0.5, 0.6) is 0 Å². The number of rotatable bonds is 3. The summed E-state index contributed by atoms with van der Waals surface area (Å²) in [6.07, 6.45) is 6.28. The van der Waals surface area contributed by atoms with Gasteiger partial charge in [0.05, 0.1) is 16.7 Å². The highest BCUT2D eigenvalue weighted by atomic mass is 32.2. The van der Waals surface area contributed by atoms with E-state index < -0.39 is 9.84 Å². The second kappa shape index (κ2) is 5.31. The Morgan fingerprint density at radius 1 is 1.12 bits per heavy atom. The summed E-state index contributed by atoms with van der Waals surface area (Å²) >= 11 is 0. The maximum atomic E-state index is 11.8. The van der Waals surface area contributed by atoms with Gasteiger partial charge in [-0.25, -0.2) is 8.42 Å².